The van der Waals surface area contributed by atoms with Gasteiger partial charge in [0.1, 0.15) is 11.4 Å². The van der Waals surface area contributed by atoms with Gasteiger partial charge in [-0.1, -0.05) is 121 Å². The summed E-state index contributed by atoms with van der Waals surface area (Å²) in [5, 5.41) is 11.0. The van der Waals surface area contributed by atoms with Crippen molar-refractivity contribution in [2.75, 3.05) is 0 Å². The Bertz CT molecular complexity index is 583. The summed E-state index contributed by atoms with van der Waals surface area (Å²) in [7, 11) is 0. The van der Waals surface area contributed by atoms with Crippen molar-refractivity contribution < 1.29 is 14.6 Å². The summed E-state index contributed by atoms with van der Waals surface area (Å²) in [5.41, 5.74) is -0.285. The Balaban J connectivity index is 1.46. The summed E-state index contributed by atoms with van der Waals surface area (Å²) in [6.45, 7) is 2.27. The highest BCUT2D eigenvalue weighted by Crippen LogP contribution is 2.40. The quantitative estimate of drug-likeness (QED) is 0.177. The third-order valence-corrected chi connectivity index (χ3v) is 6.24. The fraction of sp³-hybridized carbons (Fsp3) is 0.731. The lowest BCUT2D eigenvalue weighted by Crippen LogP contribution is -2.35. The third-order valence-electron chi connectivity index (χ3n) is 6.24. The standard InChI is InChI=1S/C26H42O3/c1-2-3-4-5-6-7-8-9-10-11-12-13-14-15-18-21-26(28)22-25(27)29-24-20-17-16-19-23(24)26/h16-17,19-20,28H,2-15,18,21-22H2,1H3. The zero-order valence-corrected chi connectivity index (χ0v) is 18.6. The molecule has 1 atom stereocenters. The van der Waals surface area contributed by atoms with Crippen LogP contribution in [-0.4, -0.2) is 11.1 Å². The van der Waals surface area contributed by atoms with E-state index in [1.54, 1.807) is 6.07 Å². The van der Waals surface area contributed by atoms with Gasteiger partial charge in [0.05, 0.1) is 6.42 Å². The zero-order chi connectivity index (χ0) is 20.8. The van der Waals surface area contributed by atoms with Gasteiger partial charge in [-0.2, -0.15) is 0 Å². The minimum Gasteiger partial charge on any atom is -0.426 e. The van der Waals surface area contributed by atoms with E-state index in [0.29, 0.717) is 12.2 Å². The van der Waals surface area contributed by atoms with Gasteiger partial charge < -0.3 is 9.84 Å². The van der Waals surface area contributed by atoms with Gasteiger partial charge in [-0.25, -0.2) is 0 Å². The van der Waals surface area contributed by atoms with Crippen molar-refractivity contribution in [1.82, 2.24) is 0 Å². The minimum atomic E-state index is -1.05. The number of rotatable bonds is 16. The highest BCUT2D eigenvalue weighted by atomic mass is 16.5. The second kappa shape index (κ2) is 13.8. The SMILES string of the molecule is CCCCCCCCCCCCCCCCCC1(O)CC(=O)Oc2ccccc21. The molecule has 29 heavy (non-hydrogen) atoms. The number of hydrogen-bond acceptors (Lipinski definition) is 3. The maximum absolute atomic E-state index is 11.8. The maximum atomic E-state index is 11.8. The highest BCUT2D eigenvalue weighted by Gasteiger charge is 2.39. The van der Waals surface area contributed by atoms with Crippen LogP contribution in [-0.2, 0) is 10.4 Å². The van der Waals surface area contributed by atoms with Crippen molar-refractivity contribution in [3.8, 4) is 5.75 Å². The van der Waals surface area contributed by atoms with Gasteiger partial charge >= 0.3 is 5.97 Å². The third kappa shape index (κ3) is 8.90. The first kappa shape index (κ1) is 23.9. The molecule has 0 saturated carbocycles. The van der Waals surface area contributed by atoms with Crippen LogP contribution in [0.25, 0.3) is 0 Å². The largest absolute Gasteiger partial charge is 0.426 e. The summed E-state index contributed by atoms with van der Waals surface area (Å²) in [6, 6.07) is 7.39. The van der Waals surface area contributed by atoms with E-state index in [1.807, 2.05) is 18.2 Å². The average molecular weight is 403 g/mol. The Morgan fingerprint density at radius 2 is 1.28 bits per heavy atom. The number of benzene rings is 1. The number of aliphatic hydroxyl groups is 1. The fourth-order valence-corrected chi connectivity index (χ4v) is 4.44. The number of ether oxygens (including phenoxy) is 1. The Morgan fingerprint density at radius 3 is 1.83 bits per heavy atom. The van der Waals surface area contributed by atoms with E-state index < -0.39 is 5.60 Å². The van der Waals surface area contributed by atoms with Gasteiger partial charge in [-0.15, -0.1) is 0 Å². The van der Waals surface area contributed by atoms with Crippen LogP contribution < -0.4 is 4.74 Å². The molecule has 0 aromatic heterocycles. The maximum Gasteiger partial charge on any atom is 0.314 e. The first-order valence-corrected chi connectivity index (χ1v) is 12.2. The van der Waals surface area contributed by atoms with Gasteiger partial charge in [0.2, 0.25) is 0 Å². The number of unbranched alkanes of at least 4 members (excludes halogenated alkanes) is 14. The van der Waals surface area contributed by atoms with Crippen LogP contribution in [0.2, 0.25) is 0 Å². The van der Waals surface area contributed by atoms with E-state index in [0.717, 1.165) is 18.4 Å². The molecule has 2 rings (SSSR count). The van der Waals surface area contributed by atoms with Crippen LogP contribution >= 0.6 is 0 Å². The van der Waals surface area contributed by atoms with Crippen molar-refractivity contribution in [1.29, 1.82) is 0 Å². The van der Waals surface area contributed by atoms with Gasteiger partial charge in [-0.3, -0.25) is 4.79 Å². The molecule has 0 bridgehead atoms. The van der Waals surface area contributed by atoms with E-state index in [1.165, 1.54) is 83.5 Å². The summed E-state index contributed by atoms with van der Waals surface area (Å²) < 4.78 is 5.26. The average Bonchev–Trinajstić information content (AvgIpc) is 2.71. The Kier molecular flexibility index (Phi) is 11.4. The Hall–Kier alpha value is -1.35. The van der Waals surface area contributed by atoms with E-state index in [9.17, 15) is 9.90 Å². The second-order valence-electron chi connectivity index (χ2n) is 8.88. The predicted octanol–water partition coefficient (Wildman–Crippen LogP) is 7.44. The molecule has 0 radical (unpaired) electrons. The number of esters is 1. The molecule has 0 saturated heterocycles. The molecule has 164 valence electrons. The molecule has 0 fully saturated rings. The lowest BCUT2D eigenvalue weighted by Gasteiger charge is -2.33. The van der Waals surface area contributed by atoms with Crippen LogP contribution in [0.1, 0.15) is 122 Å². The van der Waals surface area contributed by atoms with Crippen molar-refractivity contribution in [3.05, 3.63) is 29.8 Å². The number of hydrogen-bond donors (Lipinski definition) is 1. The molecule has 1 heterocycles. The van der Waals surface area contributed by atoms with Gasteiger partial charge in [0.25, 0.3) is 0 Å². The molecular weight excluding hydrogens is 360 g/mol. The smallest absolute Gasteiger partial charge is 0.314 e. The molecule has 0 spiro atoms. The molecule has 1 N–H and O–H groups in total. The number of fused-ring (bicyclic) bond motifs is 1. The molecule has 1 unspecified atom stereocenters. The Labute approximate surface area is 178 Å². The lowest BCUT2D eigenvalue weighted by molar-refractivity contribution is -0.144. The van der Waals surface area contributed by atoms with Crippen LogP contribution in [0.4, 0.5) is 0 Å². The normalized spacial score (nSPS) is 18.5. The number of para-hydroxylation sites is 1. The topological polar surface area (TPSA) is 46.5 Å². The van der Waals surface area contributed by atoms with Crippen molar-refractivity contribution >= 4 is 5.97 Å². The first-order valence-electron chi connectivity index (χ1n) is 12.2. The van der Waals surface area contributed by atoms with E-state index in [-0.39, 0.29) is 12.4 Å². The molecule has 3 nitrogen and oxygen atoms in total. The minimum absolute atomic E-state index is 0.0720. The Morgan fingerprint density at radius 1 is 0.793 bits per heavy atom. The second-order valence-corrected chi connectivity index (χ2v) is 8.88. The zero-order valence-electron chi connectivity index (χ0n) is 18.6. The van der Waals surface area contributed by atoms with Crippen LogP contribution in [0, 0.1) is 0 Å². The lowest BCUT2D eigenvalue weighted by atomic mass is 9.83. The molecule has 0 aliphatic carbocycles. The highest BCUT2D eigenvalue weighted by molar-refractivity contribution is 5.77. The molecule has 3 heteroatoms. The number of carbonyl (C=O) groups excluding carboxylic acids is 1. The van der Waals surface area contributed by atoms with E-state index >= 15 is 0 Å². The summed E-state index contributed by atoms with van der Waals surface area (Å²) >= 11 is 0. The molecule has 0 amide bonds. The monoisotopic (exact) mass is 402 g/mol. The van der Waals surface area contributed by atoms with E-state index in [2.05, 4.69) is 6.92 Å². The van der Waals surface area contributed by atoms with Crippen LogP contribution in [0.15, 0.2) is 24.3 Å². The fourth-order valence-electron chi connectivity index (χ4n) is 4.44. The molecule has 1 aliphatic heterocycles. The van der Waals surface area contributed by atoms with Gasteiger partial charge in [0.15, 0.2) is 0 Å². The predicted molar refractivity (Wildman–Crippen MR) is 120 cm³/mol. The summed E-state index contributed by atoms with van der Waals surface area (Å²) in [6.07, 6.45) is 20.6. The van der Waals surface area contributed by atoms with Gasteiger partial charge in [-0.05, 0) is 12.5 Å². The van der Waals surface area contributed by atoms with Crippen molar-refractivity contribution in [2.24, 2.45) is 0 Å². The molecule has 1 aromatic rings. The van der Waals surface area contributed by atoms with Crippen molar-refractivity contribution in [3.63, 3.8) is 0 Å². The van der Waals surface area contributed by atoms with Crippen LogP contribution in [0.3, 0.4) is 0 Å². The number of carbonyl (C=O) groups is 1. The molecule has 1 aromatic carbocycles. The van der Waals surface area contributed by atoms with Crippen molar-refractivity contribution in [2.45, 2.75) is 122 Å². The van der Waals surface area contributed by atoms with E-state index in [4.69, 9.17) is 4.74 Å². The molecule has 1 aliphatic rings. The van der Waals surface area contributed by atoms with Crippen LogP contribution in [0.5, 0.6) is 5.75 Å². The first-order chi connectivity index (χ1) is 14.2. The summed E-state index contributed by atoms with van der Waals surface area (Å²) in [5.74, 6) is 0.194. The molecular formula is C26H42O3. The van der Waals surface area contributed by atoms with Gasteiger partial charge in [0, 0.05) is 5.56 Å². The summed E-state index contributed by atoms with van der Waals surface area (Å²) in [4.78, 5) is 11.8.